The summed E-state index contributed by atoms with van der Waals surface area (Å²) in [5, 5.41) is 5.11. The molecule has 0 N–H and O–H groups in total. The van der Waals surface area contributed by atoms with E-state index in [2.05, 4.69) is 15.1 Å². The zero-order chi connectivity index (χ0) is 17.7. The van der Waals surface area contributed by atoms with Crippen LogP contribution in [0.1, 0.15) is 11.1 Å². The topological polar surface area (TPSA) is 60.1 Å². The molecule has 7 heteroatoms. The van der Waals surface area contributed by atoms with E-state index < -0.39 is 0 Å². The van der Waals surface area contributed by atoms with Crippen LogP contribution in [0.5, 0.6) is 0 Å². The first kappa shape index (κ1) is 15.4. The number of rotatable bonds is 2. The maximum Gasteiger partial charge on any atom is 0.291 e. The number of aromatic nitrogens is 4. The average Bonchev–Trinajstić information content (AvgIpc) is 3.32. The Labute approximate surface area is 155 Å². The quantitative estimate of drug-likeness (QED) is 0.474. The molecule has 0 saturated heterocycles. The molecule has 5 rings (SSSR count). The molecule has 0 radical (unpaired) electrons. The van der Waals surface area contributed by atoms with Crippen molar-refractivity contribution in [1.82, 2.24) is 19.6 Å². The molecule has 126 valence electrons. The molecular weight excluding hydrogens is 364 g/mol. The van der Waals surface area contributed by atoms with Crippen molar-refractivity contribution in [3.63, 3.8) is 0 Å². The largest absolute Gasteiger partial charge is 0.291 e. The molecule has 5 aromatic rings. The van der Waals surface area contributed by atoms with Crippen molar-refractivity contribution in [2.45, 2.75) is 6.92 Å². The number of nitrogens with zero attached hydrogens (tertiary/aromatic N) is 4. The van der Waals surface area contributed by atoms with Crippen LogP contribution in [0.4, 0.5) is 0 Å². The van der Waals surface area contributed by atoms with Gasteiger partial charge in [-0.3, -0.25) is 4.79 Å². The van der Waals surface area contributed by atoms with Gasteiger partial charge in [-0.1, -0.05) is 53.3 Å². The van der Waals surface area contributed by atoms with Gasteiger partial charge >= 0.3 is 0 Å². The molecule has 0 bridgehead atoms. The molecule has 3 heterocycles. The summed E-state index contributed by atoms with van der Waals surface area (Å²) in [7, 11) is 0. The third kappa shape index (κ3) is 2.53. The van der Waals surface area contributed by atoms with Gasteiger partial charge in [0.05, 0.1) is 14.7 Å². The van der Waals surface area contributed by atoms with Crippen LogP contribution in [0.2, 0.25) is 0 Å². The predicted octanol–water partition coefficient (Wildman–Crippen LogP) is 3.28. The van der Waals surface area contributed by atoms with Gasteiger partial charge in [-0.15, -0.1) is 16.4 Å². The lowest BCUT2D eigenvalue weighted by Gasteiger charge is -1.92. The van der Waals surface area contributed by atoms with Crippen LogP contribution in [0, 0.1) is 6.92 Å². The summed E-state index contributed by atoms with van der Waals surface area (Å²) in [5.41, 5.74) is 2.95. The molecule has 0 unspecified atom stereocenters. The van der Waals surface area contributed by atoms with Crippen LogP contribution in [0.15, 0.2) is 53.3 Å². The van der Waals surface area contributed by atoms with Crippen LogP contribution in [0.3, 0.4) is 0 Å². The van der Waals surface area contributed by atoms with E-state index in [4.69, 9.17) is 0 Å². The zero-order valence-corrected chi connectivity index (χ0v) is 15.3. The number of thiazole rings is 2. The lowest BCUT2D eigenvalue weighted by atomic mass is 10.1. The van der Waals surface area contributed by atoms with Crippen molar-refractivity contribution in [3.8, 4) is 10.8 Å². The molecule has 26 heavy (non-hydrogen) atoms. The lowest BCUT2D eigenvalue weighted by molar-refractivity contribution is 0.936. The average molecular weight is 376 g/mol. The Balaban J connectivity index is 1.61. The molecular formula is C19H12N4OS2. The summed E-state index contributed by atoms with van der Waals surface area (Å²) in [5.74, 6) is 0.497. The summed E-state index contributed by atoms with van der Waals surface area (Å²) >= 11 is 2.87. The van der Waals surface area contributed by atoms with Crippen molar-refractivity contribution in [3.05, 3.63) is 74.5 Å². The van der Waals surface area contributed by atoms with Gasteiger partial charge < -0.3 is 0 Å². The molecule has 0 saturated carbocycles. The fourth-order valence-corrected chi connectivity index (χ4v) is 4.51. The van der Waals surface area contributed by atoms with Gasteiger partial charge in [0.1, 0.15) is 0 Å². The van der Waals surface area contributed by atoms with Crippen LogP contribution < -0.4 is 10.1 Å². The first-order chi connectivity index (χ1) is 12.7. The molecule has 0 spiro atoms. The summed E-state index contributed by atoms with van der Waals surface area (Å²) in [4.78, 5) is 22.3. The summed E-state index contributed by atoms with van der Waals surface area (Å²) < 4.78 is 3.07. The minimum absolute atomic E-state index is 0.148. The highest BCUT2D eigenvalue weighted by atomic mass is 32.1. The number of aryl methyl sites for hydroxylation is 1. The number of fused-ring (bicyclic) bond motifs is 2. The second-order valence-corrected chi connectivity index (χ2v) is 7.98. The fraction of sp³-hybridized carbons (Fsp3) is 0.0526. The Morgan fingerprint density at radius 1 is 1.00 bits per heavy atom. The molecule has 3 aromatic heterocycles. The van der Waals surface area contributed by atoms with Crippen molar-refractivity contribution < 1.29 is 0 Å². The monoisotopic (exact) mass is 376 g/mol. The maximum atomic E-state index is 12.6. The number of hydrogen-bond acceptors (Lipinski definition) is 6. The second kappa shape index (κ2) is 5.82. The van der Waals surface area contributed by atoms with Gasteiger partial charge in [-0.05, 0) is 30.7 Å². The van der Waals surface area contributed by atoms with E-state index >= 15 is 0 Å². The molecule has 0 aliphatic heterocycles. The van der Waals surface area contributed by atoms with Crippen molar-refractivity contribution in [1.29, 1.82) is 0 Å². The molecule has 0 aliphatic carbocycles. The van der Waals surface area contributed by atoms with Gasteiger partial charge in [0.25, 0.3) is 5.56 Å². The van der Waals surface area contributed by atoms with Crippen LogP contribution >= 0.6 is 22.7 Å². The van der Waals surface area contributed by atoms with Crippen LogP contribution in [0.25, 0.3) is 32.1 Å². The third-order valence-electron chi connectivity index (χ3n) is 4.04. The second-order valence-electron chi connectivity index (χ2n) is 5.94. The first-order valence-electron chi connectivity index (χ1n) is 8.01. The smallest absolute Gasteiger partial charge is 0.266 e. The van der Waals surface area contributed by atoms with E-state index in [1.54, 1.807) is 0 Å². The van der Waals surface area contributed by atoms with E-state index in [0.717, 1.165) is 20.8 Å². The summed E-state index contributed by atoms with van der Waals surface area (Å²) in [6.45, 7) is 2.04. The van der Waals surface area contributed by atoms with E-state index in [1.165, 1.54) is 32.8 Å². The first-order valence-corrected chi connectivity index (χ1v) is 9.64. The number of para-hydroxylation sites is 1. The highest BCUT2D eigenvalue weighted by molar-refractivity contribution is 7.21. The Bertz CT molecular complexity index is 1330. The standard InChI is InChI=1S/C19H12N4OS2/c1-11-6-8-12(9-7-11)10-15-18(24)23-19(26-15)21-16(22-23)17-20-13-4-2-3-5-14(13)25-17/h2-10H,1H3/b15-10-. The lowest BCUT2D eigenvalue weighted by Crippen LogP contribution is -2.23. The van der Waals surface area contributed by atoms with Gasteiger partial charge in [0.15, 0.2) is 5.01 Å². The Morgan fingerprint density at radius 2 is 1.81 bits per heavy atom. The molecule has 0 amide bonds. The summed E-state index contributed by atoms with van der Waals surface area (Å²) in [6, 6.07) is 16.0. The van der Waals surface area contributed by atoms with E-state index in [9.17, 15) is 4.79 Å². The van der Waals surface area contributed by atoms with E-state index in [0.29, 0.717) is 15.3 Å². The molecule has 0 fully saturated rings. The van der Waals surface area contributed by atoms with Crippen molar-refractivity contribution >= 4 is 43.9 Å². The Morgan fingerprint density at radius 3 is 2.58 bits per heavy atom. The SMILES string of the molecule is Cc1ccc(/C=c2\sc3nc(-c4nc5ccccc5s4)nn3c2=O)cc1. The predicted molar refractivity (Wildman–Crippen MR) is 106 cm³/mol. The van der Waals surface area contributed by atoms with Gasteiger partial charge in [0, 0.05) is 0 Å². The minimum atomic E-state index is -0.148. The van der Waals surface area contributed by atoms with E-state index in [-0.39, 0.29) is 5.56 Å². The number of hydrogen-bond donors (Lipinski definition) is 0. The molecule has 5 nitrogen and oxygen atoms in total. The van der Waals surface area contributed by atoms with E-state index in [1.807, 2.05) is 61.5 Å². The Kier molecular flexibility index (Phi) is 3.44. The normalized spacial score (nSPS) is 12.4. The molecule has 0 atom stereocenters. The van der Waals surface area contributed by atoms with Gasteiger partial charge in [0.2, 0.25) is 10.8 Å². The van der Waals surface area contributed by atoms with Gasteiger partial charge in [-0.25, -0.2) is 4.98 Å². The van der Waals surface area contributed by atoms with Crippen LogP contribution in [-0.2, 0) is 0 Å². The van der Waals surface area contributed by atoms with Crippen LogP contribution in [-0.4, -0.2) is 19.6 Å². The van der Waals surface area contributed by atoms with Gasteiger partial charge in [-0.2, -0.15) is 9.50 Å². The Hall–Kier alpha value is -2.90. The summed E-state index contributed by atoms with van der Waals surface area (Å²) in [6.07, 6.45) is 1.88. The minimum Gasteiger partial charge on any atom is -0.266 e. The maximum absolute atomic E-state index is 12.6. The highest BCUT2D eigenvalue weighted by Gasteiger charge is 2.15. The van der Waals surface area contributed by atoms with Crippen molar-refractivity contribution in [2.24, 2.45) is 0 Å². The molecule has 0 aliphatic rings. The highest BCUT2D eigenvalue weighted by Crippen LogP contribution is 2.28. The molecule has 2 aromatic carbocycles. The zero-order valence-electron chi connectivity index (χ0n) is 13.7. The number of benzene rings is 2. The fourth-order valence-electron chi connectivity index (χ4n) is 2.71. The third-order valence-corrected chi connectivity index (χ3v) is 6.03. The van der Waals surface area contributed by atoms with Crippen molar-refractivity contribution in [2.75, 3.05) is 0 Å².